The maximum Gasteiger partial charge on any atom is 0.416 e. The summed E-state index contributed by atoms with van der Waals surface area (Å²) >= 11 is 1.22. The van der Waals surface area contributed by atoms with E-state index in [9.17, 15) is 28.0 Å². The molecule has 5 rings (SSSR count). The van der Waals surface area contributed by atoms with Crippen LogP contribution in [0.5, 0.6) is 0 Å². The topological polar surface area (TPSA) is 106 Å². The Morgan fingerprint density at radius 3 is 2.34 bits per heavy atom. The SMILES string of the molecule is N#Cc1cccc(-c2cc(C(=O)NCc3ccc(C(=O)O)cc3)c3c(Sc4ccc(C(F)(F)F)cc4)c[nH]c3c2)c1. The molecule has 10 heteroatoms. The minimum absolute atomic E-state index is 0.131. The van der Waals surface area contributed by atoms with Crippen molar-refractivity contribution < 1.29 is 27.9 Å². The summed E-state index contributed by atoms with van der Waals surface area (Å²) < 4.78 is 39.1. The number of nitrogens with zero attached hydrogens (tertiary/aromatic N) is 1. The van der Waals surface area contributed by atoms with Gasteiger partial charge in [-0.05, 0) is 77.4 Å². The molecule has 0 atom stereocenters. The normalized spacial score (nSPS) is 11.3. The van der Waals surface area contributed by atoms with E-state index in [4.69, 9.17) is 5.11 Å². The monoisotopic (exact) mass is 571 g/mol. The van der Waals surface area contributed by atoms with Crippen LogP contribution in [-0.2, 0) is 12.7 Å². The summed E-state index contributed by atoms with van der Waals surface area (Å²) in [5.74, 6) is -1.45. The quantitative estimate of drug-likeness (QED) is 0.188. The molecule has 0 saturated heterocycles. The second kappa shape index (κ2) is 11.2. The number of rotatable bonds is 7. The van der Waals surface area contributed by atoms with Crippen LogP contribution in [0.25, 0.3) is 22.0 Å². The average molecular weight is 572 g/mol. The second-order valence-corrected chi connectivity index (χ2v) is 10.2. The molecule has 3 N–H and O–H groups in total. The Kier molecular flexibility index (Phi) is 7.55. The number of carboxylic acids is 1. The number of carboxylic acid groups (broad SMARTS) is 1. The first-order chi connectivity index (χ1) is 19.6. The van der Waals surface area contributed by atoms with Crippen molar-refractivity contribution >= 4 is 34.5 Å². The summed E-state index contributed by atoms with van der Waals surface area (Å²) in [5, 5.41) is 21.9. The number of amides is 1. The van der Waals surface area contributed by atoms with Crippen molar-refractivity contribution in [2.75, 3.05) is 0 Å². The minimum Gasteiger partial charge on any atom is -0.478 e. The van der Waals surface area contributed by atoms with Crippen LogP contribution in [0.3, 0.4) is 0 Å². The van der Waals surface area contributed by atoms with Gasteiger partial charge in [0.1, 0.15) is 0 Å². The number of aromatic carboxylic acids is 1. The third kappa shape index (κ3) is 6.10. The van der Waals surface area contributed by atoms with E-state index in [1.807, 2.05) is 12.1 Å². The van der Waals surface area contributed by atoms with Crippen molar-refractivity contribution in [3.05, 3.63) is 119 Å². The lowest BCUT2D eigenvalue weighted by atomic mass is 9.98. The van der Waals surface area contributed by atoms with Gasteiger partial charge in [0.15, 0.2) is 0 Å². The Balaban J connectivity index is 1.52. The van der Waals surface area contributed by atoms with Crippen molar-refractivity contribution in [3.8, 4) is 17.2 Å². The third-order valence-corrected chi connectivity index (χ3v) is 7.43. The highest BCUT2D eigenvalue weighted by molar-refractivity contribution is 7.99. The fraction of sp³-hybridized carbons (Fsp3) is 0.0645. The van der Waals surface area contributed by atoms with Gasteiger partial charge in [-0.25, -0.2) is 4.79 Å². The zero-order valence-corrected chi connectivity index (χ0v) is 21.9. The Bertz CT molecular complexity index is 1810. The molecule has 0 spiro atoms. The third-order valence-electron chi connectivity index (χ3n) is 6.38. The van der Waals surface area contributed by atoms with E-state index >= 15 is 0 Å². The van der Waals surface area contributed by atoms with Gasteiger partial charge in [0.25, 0.3) is 5.91 Å². The maximum atomic E-state index is 13.6. The molecular formula is C31H20F3N3O3S. The fourth-order valence-electron chi connectivity index (χ4n) is 4.31. The Morgan fingerprint density at radius 2 is 1.68 bits per heavy atom. The van der Waals surface area contributed by atoms with E-state index in [-0.39, 0.29) is 12.1 Å². The van der Waals surface area contributed by atoms with Gasteiger partial charge in [-0.15, -0.1) is 0 Å². The van der Waals surface area contributed by atoms with Gasteiger partial charge in [0.2, 0.25) is 0 Å². The number of nitrogens with one attached hydrogen (secondary N) is 2. The molecule has 0 aliphatic heterocycles. The molecule has 0 fully saturated rings. The van der Waals surface area contributed by atoms with Crippen molar-refractivity contribution in [3.63, 3.8) is 0 Å². The molecule has 0 radical (unpaired) electrons. The molecule has 6 nitrogen and oxygen atoms in total. The van der Waals surface area contributed by atoms with Gasteiger partial charge < -0.3 is 15.4 Å². The van der Waals surface area contributed by atoms with Gasteiger partial charge in [-0.1, -0.05) is 36.0 Å². The summed E-state index contributed by atoms with van der Waals surface area (Å²) in [6.45, 7) is 0.139. The van der Waals surface area contributed by atoms with E-state index in [0.29, 0.717) is 42.9 Å². The van der Waals surface area contributed by atoms with Crippen LogP contribution in [0.2, 0.25) is 0 Å². The van der Waals surface area contributed by atoms with Crippen molar-refractivity contribution in [2.45, 2.75) is 22.5 Å². The van der Waals surface area contributed by atoms with E-state index in [1.165, 1.54) is 36.0 Å². The summed E-state index contributed by atoms with van der Waals surface area (Å²) in [6.07, 6.45) is -2.74. The lowest BCUT2D eigenvalue weighted by Crippen LogP contribution is -2.23. The Hall–Kier alpha value is -5.01. The molecule has 0 bridgehead atoms. The number of aromatic nitrogens is 1. The highest BCUT2D eigenvalue weighted by Gasteiger charge is 2.30. The van der Waals surface area contributed by atoms with Gasteiger partial charge in [-0.3, -0.25) is 4.79 Å². The predicted octanol–water partition coefficient (Wildman–Crippen LogP) is 7.50. The molecule has 0 saturated carbocycles. The number of alkyl halides is 3. The number of hydrogen-bond acceptors (Lipinski definition) is 4. The summed E-state index contributed by atoms with van der Waals surface area (Å²) in [6, 6.07) is 23.6. The fourth-order valence-corrected chi connectivity index (χ4v) is 5.28. The van der Waals surface area contributed by atoms with Crippen molar-refractivity contribution in [1.29, 1.82) is 5.26 Å². The van der Waals surface area contributed by atoms with Gasteiger partial charge in [0.05, 0.1) is 28.3 Å². The van der Waals surface area contributed by atoms with Crippen LogP contribution in [0.4, 0.5) is 13.2 Å². The molecule has 0 unspecified atom stereocenters. The zero-order valence-electron chi connectivity index (χ0n) is 21.1. The maximum absolute atomic E-state index is 13.6. The molecule has 4 aromatic carbocycles. The molecule has 0 aliphatic rings. The number of carbonyl (C=O) groups excluding carboxylic acids is 1. The van der Waals surface area contributed by atoms with E-state index in [2.05, 4.69) is 16.4 Å². The zero-order chi connectivity index (χ0) is 29.1. The molecule has 1 aromatic heterocycles. The predicted molar refractivity (Wildman–Crippen MR) is 149 cm³/mol. The number of H-pyrrole nitrogens is 1. The summed E-state index contributed by atoms with van der Waals surface area (Å²) in [5.41, 5.74) is 2.93. The molecule has 1 amide bonds. The lowest BCUT2D eigenvalue weighted by molar-refractivity contribution is -0.137. The summed E-state index contributed by atoms with van der Waals surface area (Å²) in [4.78, 5) is 29.1. The number of aromatic amines is 1. The van der Waals surface area contributed by atoms with Crippen LogP contribution < -0.4 is 5.32 Å². The van der Waals surface area contributed by atoms with E-state index in [0.717, 1.165) is 17.7 Å². The number of carbonyl (C=O) groups is 2. The molecular weight excluding hydrogens is 551 g/mol. The van der Waals surface area contributed by atoms with Gasteiger partial charge >= 0.3 is 12.1 Å². The van der Waals surface area contributed by atoms with Gasteiger partial charge in [-0.2, -0.15) is 18.4 Å². The Morgan fingerprint density at radius 1 is 0.951 bits per heavy atom. The lowest BCUT2D eigenvalue weighted by Gasteiger charge is -2.12. The number of nitriles is 1. The molecule has 5 aromatic rings. The van der Waals surface area contributed by atoms with Crippen molar-refractivity contribution in [1.82, 2.24) is 10.3 Å². The first-order valence-electron chi connectivity index (χ1n) is 12.2. The first kappa shape index (κ1) is 27.6. The second-order valence-electron chi connectivity index (χ2n) is 9.10. The molecule has 1 heterocycles. The number of benzene rings is 4. The summed E-state index contributed by atoms with van der Waals surface area (Å²) in [7, 11) is 0. The van der Waals surface area contributed by atoms with E-state index in [1.54, 1.807) is 42.6 Å². The standard InChI is InChI=1S/C31H20F3N3O3S/c32-31(33,34)23-8-10-24(11-9-23)41-27-17-36-26-14-22(21-3-1-2-19(12-21)15-35)13-25(28(26)27)29(38)37-16-18-4-6-20(7-5-18)30(39)40/h1-14,17,36H,16H2,(H,37,38)(H,39,40). The molecule has 41 heavy (non-hydrogen) atoms. The van der Waals surface area contributed by atoms with Crippen molar-refractivity contribution in [2.24, 2.45) is 0 Å². The number of fused-ring (bicyclic) bond motifs is 1. The Labute approximate surface area is 236 Å². The first-order valence-corrected chi connectivity index (χ1v) is 13.1. The molecule has 0 aliphatic carbocycles. The van der Waals surface area contributed by atoms with E-state index < -0.39 is 23.6 Å². The van der Waals surface area contributed by atoms with Crippen LogP contribution in [0.15, 0.2) is 101 Å². The average Bonchev–Trinajstić information content (AvgIpc) is 3.38. The number of halogens is 3. The minimum atomic E-state index is -4.44. The highest BCUT2D eigenvalue weighted by atomic mass is 32.2. The number of hydrogen-bond donors (Lipinski definition) is 3. The van der Waals surface area contributed by atoms with Crippen LogP contribution in [-0.4, -0.2) is 22.0 Å². The largest absolute Gasteiger partial charge is 0.478 e. The smallest absolute Gasteiger partial charge is 0.416 e. The highest BCUT2D eigenvalue weighted by Crippen LogP contribution is 2.39. The molecule has 204 valence electrons. The van der Waals surface area contributed by atoms with Gasteiger partial charge in [0, 0.05) is 33.4 Å². The van der Waals surface area contributed by atoms with Crippen LogP contribution in [0, 0.1) is 11.3 Å². The van der Waals surface area contributed by atoms with Crippen LogP contribution >= 0.6 is 11.8 Å². The van der Waals surface area contributed by atoms with Crippen LogP contribution in [0.1, 0.15) is 37.4 Å².